The summed E-state index contributed by atoms with van der Waals surface area (Å²) >= 11 is 0. The number of nitrogens with one attached hydrogen (secondary N) is 1. The fourth-order valence-corrected chi connectivity index (χ4v) is 2.23. The largest absolute Gasteiger partial charge is 0.445 e. The summed E-state index contributed by atoms with van der Waals surface area (Å²) in [6, 6.07) is 19.8. The van der Waals surface area contributed by atoms with Crippen LogP contribution in [0.15, 0.2) is 60.7 Å². The van der Waals surface area contributed by atoms with Gasteiger partial charge in [-0.3, -0.25) is 0 Å². The molecule has 2 aromatic rings. The van der Waals surface area contributed by atoms with Gasteiger partial charge in [0, 0.05) is 13.2 Å². The van der Waals surface area contributed by atoms with Gasteiger partial charge >= 0.3 is 6.09 Å². The molecule has 24 heavy (non-hydrogen) atoms. The van der Waals surface area contributed by atoms with Crippen LogP contribution in [0.4, 0.5) is 4.79 Å². The van der Waals surface area contributed by atoms with Gasteiger partial charge < -0.3 is 14.8 Å². The molecule has 0 aliphatic carbocycles. The zero-order chi connectivity index (χ0) is 16.9. The van der Waals surface area contributed by atoms with Crippen molar-refractivity contribution in [2.45, 2.75) is 32.5 Å². The number of alkyl carbamates (subject to hydrolysis) is 1. The molecule has 0 aromatic heterocycles. The minimum absolute atomic E-state index is 0.306. The lowest BCUT2D eigenvalue weighted by Crippen LogP contribution is -2.25. The minimum atomic E-state index is -0.362. The molecule has 2 rings (SSSR count). The van der Waals surface area contributed by atoms with Crippen molar-refractivity contribution in [1.29, 1.82) is 0 Å². The van der Waals surface area contributed by atoms with E-state index in [4.69, 9.17) is 9.47 Å². The molecule has 0 radical (unpaired) electrons. The molecule has 0 unspecified atom stereocenters. The van der Waals surface area contributed by atoms with Gasteiger partial charge in [0.2, 0.25) is 0 Å². The molecule has 0 bridgehead atoms. The Morgan fingerprint density at radius 2 is 1.42 bits per heavy atom. The maximum absolute atomic E-state index is 11.6. The van der Waals surface area contributed by atoms with Crippen LogP contribution in [-0.4, -0.2) is 19.2 Å². The molecule has 128 valence electrons. The number of carbonyl (C=O) groups is 1. The van der Waals surface area contributed by atoms with Gasteiger partial charge in [0.25, 0.3) is 0 Å². The third-order valence-corrected chi connectivity index (χ3v) is 3.56. The molecule has 0 aliphatic rings. The Morgan fingerprint density at radius 3 is 2.08 bits per heavy atom. The zero-order valence-corrected chi connectivity index (χ0v) is 13.9. The molecule has 4 heteroatoms. The molecule has 4 nitrogen and oxygen atoms in total. The van der Waals surface area contributed by atoms with Crippen LogP contribution in [0, 0.1) is 0 Å². The van der Waals surface area contributed by atoms with E-state index in [9.17, 15) is 4.79 Å². The van der Waals surface area contributed by atoms with Crippen molar-refractivity contribution in [2.75, 3.05) is 13.2 Å². The van der Waals surface area contributed by atoms with Gasteiger partial charge in [-0.1, -0.05) is 60.7 Å². The third-order valence-electron chi connectivity index (χ3n) is 3.56. The molecular formula is C20H25NO3. The summed E-state index contributed by atoms with van der Waals surface area (Å²) < 4.78 is 10.8. The highest BCUT2D eigenvalue weighted by molar-refractivity contribution is 5.67. The van der Waals surface area contributed by atoms with Crippen molar-refractivity contribution in [3.8, 4) is 0 Å². The van der Waals surface area contributed by atoms with Crippen molar-refractivity contribution in [2.24, 2.45) is 0 Å². The molecule has 0 heterocycles. The Labute approximate surface area is 143 Å². The highest BCUT2D eigenvalue weighted by atomic mass is 16.5. The summed E-state index contributed by atoms with van der Waals surface area (Å²) in [5, 5.41) is 2.77. The van der Waals surface area contributed by atoms with Gasteiger partial charge in [0.05, 0.1) is 6.61 Å². The zero-order valence-electron chi connectivity index (χ0n) is 13.9. The Hall–Kier alpha value is -2.33. The number of hydrogen-bond acceptors (Lipinski definition) is 3. The quantitative estimate of drug-likeness (QED) is 0.662. The van der Waals surface area contributed by atoms with E-state index in [-0.39, 0.29) is 6.09 Å². The summed E-state index contributed by atoms with van der Waals surface area (Å²) in [6.07, 6.45) is 2.58. The van der Waals surface area contributed by atoms with Crippen molar-refractivity contribution in [3.63, 3.8) is 0 Å². The molecule has 2 aromatic carbocycles. The molecule has 0 aliphatic heterocycles. The van der Waals surface area contributed by atoms with E-state index in [1.165, 1.54) is 5.56 Å². The van der Waals surface area contributed by atoms with Crippen LogP contribution in [-0.2, 0) is 22.7 Å². The number of rotatable bonds is 10. The first-order chi connectivity index (χ1) is 11.8. The second kappa shape index (κ2) is 11.2. The first-order valence-electron chi connectivity index (χ1n) is 8.41. The van der Waals surface area contributed by atoms with Crippen LogP contribution in [0.5, 0.6) is 0 Å². The van der Waals surface area contributed by atoms with E-state index >= 15 is 0 Å². The predicted octanol–water partition coefficient (Wildman–Crippen LogP) is 4.30. The third kappa shape index (κ3) is 7.79. The van der Waals surface area contributed by atoms with Gasteiger partial charge in [0.1, 0.15) is 6.61 Å². The Kier molecular flexibility index (Phi) is 8.44. The number of benzene rings is 2. The predicted molar refractivity (Wildman–Crippen MR) is 94.6 cm³/mol. The molecule has 0 saturated heterocycles. The van der Waals surface area contributed by atoms with Crippen molar-refractivity contribution >= 4 is 6.09 Å². The van der Waals surface area contributed by atoms with Crippen LogP contribution < -0.4 is 5.32 Å². The van der Waals surface area contributed by atoms with Gasteiger partial charge in [-0.2, -0.15) is 0 Å². The fraction of sp³-hybridized carbons (Fsp3) is 0.350. The van der Waals surface area contributed by atoms with Crippen molar-refractivity contribution in [3.05, 3.63) is 71.8 Å². The number of carbonyl (C=O) groups excluding carboxylic acids is 1. The molecule has 1 amide bonds. The number of ether oxygens (including phenoxy) is 2. The van der Waals surface area contributed by atoms with E-state index in [1.54, 1.807) is 0 Å². The normalized spacial score (nSPS) is 10.3. The van der Waals surface area contributed by atoms with Crippen LogP contribution in [0.2, 0.25) is 0 Å². The highest BCUT2D eigenvalue weighted by Gasteiger charge is 2.01. The second-order valence-corrected chi connectivity index (χ2v) is 5.59. The summed E-state index contributed by atoms with van der Waals surface area (Å²) in [5.41, 5.74) is 2.18. The van der Waals surface area contributed by atoms with Crippen LogP contribution in [0.25, 0.3) is 0 Å². The Morgan fingerprint density at radius 1 is 0.792 bits per heavy atom. The maximum Gasteiger partial charge on any atom is 0.407 e. The minimum Gasteiger partial charge on any atom is -0.445 e. The first-order valence-corrected chi connectivity index (χ1v) is 8.41. The summed E-state index contributed by atoms with van der Waals surface area (Å²) in [6.45, 7) is 2.34. The molecule has 1 N–H and O–H groups in total. The number of hydrogen-bond donors (Lipinski definition) is 1. The van der Waals surface area contributed by atoms with Gasteiger partial charge in [-0.15, -0.1) is 0 Å². The van der Waals surface area contributed by atoms with Crippen molar-refractivity contribution in [1.82, 2.24) is 5.32 Å². The fourth-order valence-electron chi connectivity index (χ4n) is 2.23. The van der Waals surface area contributed by atoms with Gasteiger partial charge in [0.15, 0.2) is 0 Å². The van der Waals surface area contributed by atoms with E-state index in [1.807, 2.05) is 48.5 Å². The standard InChI is InChI=1S/C20H25NO3/c22-20(24-17-19-12-6-2-7-13-19)21-14-8-3-9-15-23-16-18-10-4-1-5-11-18/h1-2,4-7,10-13H,3,8-9,14-17H2,(H,21,22). The van der Waals surface area contributed by atoms with E-state index in [0.717, 1.165) is 31.4 Å². The summed E-state index contributed by atoms with van der Waals surface area (Å²) in [7, 11) is 0. The lowest BCUT2D eigenvalue weighted by molar-refractivity contribution is 0.116. The maximum atomic E-state index is 11.6. The van der Waals surface area contributed by atoms with Crippen LogP contribution >= 0.6 is 0 Å². The summed E-state index contributed by atoms with van der Waals surface area (Å²) in [4.78, 5) is 11.6. The summed E-state index contributed by atoms with van der Waals surface area (Å²) in [5.74, 6) is 0. The smallest absolute Gasteiger partial charge is 0.407 e. The van der Waals surface area contributed by atoms with Crippen LogP contribution in [0.1, 0.15) is 30.4 Å². The van der Waals surface area contributed by atoms with E-state index in [2.05, 4.69) is 17.4 Å². The first kappa shape index (κ1) is 18.0. The lowest BCUT2D eigenvalue weighted by Gasteiger charge is -2.07. The average molecular weight is 327 g/mol. The topological polar surface area (TPSA) is 47.6 Å². The van der Waals surface area contributed by atoms with Gasteiger partial charge in [-0.05, 0) is 30.4 Å². The monoisotopic (exact) mass is 327 g/mol. The van der Waals surface area contributed by atoms with Crippen LogP contribution in [0.3, 0.4) is 0 Å². The highest BCUT2D eigenvalue weighted by Crippen LogP contribution is 2.03. The van der Waals surface area contributed by atoms with E-state index in [0.29, 0.717) is 19.8 Å². The van der Waals surface area contributed by atoms with Gasteiger partial charge in [-0.25, -0.2) is 4.79 Å². The Balaban J connectivity index is 1.41. The Bertz CT molecular complexity index is 572. The second-order valence-electron chi connectivity index (χ2n) is 5.59. The number of amides is 1. The molecule has 0 spiro atoms. The average Bonchev–Trinajstić information content (AvgIpc) is 2.64. The molecular weight excluding hydrogens is 302 g/mol. The molecule has 0 saturated carbocycles. The SMILES string of the molecule is O=C(NCCCCCOCc1ccccc1)OCc1ccccc1. The lowest BCUT2D eigenvalue weighted by atomic mass is 10.2. The number of unbranched alkanes of at least 4 members (excludes halogenated alkanes) is 2. The van der Waals surface area contributed by atoms with E-state index < -0.39 is 0 Å². The van der Waals surface area contributed by atoms with Crippen molar-refractivity contribution < 1.29 is 14.3 Å². The molecule has 0 fully saturated rings. The molecule has 0 atom stereocenters.